The minimum Gasteiger partial charge on any atom is -0.491 e. The molecule has 0 aliphatic rings. The highest BCUT2D eigenvalue weighted by molar-refractivity contribution is 5.81. The van der Waals surface area contributed by atoms with E-state index in [1.54, 1.807) is 6.92 Å². The standard InChI is InChI=1S/C22H29NO3.C17H27NO2.2C16H25NO3.C15H23NO3.C14H23NO/c1-16(2)23-21(22(24)25-15-19-8-6-5-7-9-19)14-18-10-12-20(13-11-18)26-17(3)4;1-12(2)18-17(14(5)19)11-8-15-6-9-16(10-7-15)20-13(3)4;1-11(2)17-15(16(18)19-5)10-13-6-8-14(9-7-13)20-12(3)4;1-11(2)17(5)15(16(18)19)10-13-6-8-14(9-7-13)20-12(3)4;1-10(2)16-14(15(17)18)9-12-5-7-13(8-6-12)19-11(3)4;1-11(2)15-10-9-13-5-7-14(8-6-13)16-12(3)4/h5-13,16-17,21,23H,14-15H2,1-4H3;6-7,9-10,12-13,17-18H,8,11H2,1-5H3;6-9,11-12,15,17H,10H2,1-5H3;6-9,11-12,15H,10H2,1-5H3,(H,18,19);5-8,10-11,14,16H,9H2,1-4H3,(H,17,18);5-8,11-12,15H,9-10H2,1-4H3/t;17-;;15-;;/m.0.0../s1. The van der Waals surface area contributed by atoms with Gasteiger partial charge in [-0.1, -0.05) is 172 Å². The van der Waals surface area contributed by atoms with E-state index in [1.807, 2.05) is 302 Å². The van der Waals surface area contributed by atoms with Gasteiger partial charge in [-0.25, -0.2) is 0 Å². The van der Waals surface area contributed by atoms with Crippen molar-refractivity contribution in [2.24, 2.45) is 0 Å². The molecule has 0 aliphatic carbocycles. The summed E-state index contributed by atoms with van der Waals surface area (Å²) in [5.41, 5.74) is 7.69. The van der Waals surface area contributed by atoms with Crippen molar-refractivity contribution in [1.29, 1.82) is 0 Å². The number of methoxy groups -OCH3 is 1. The molecule has 0 spiro atoms. The predicted molar refractivity (Wildman–Crippen MR) is 492 cm³/mol. The van der Waals surface area contributed by atoms with E-state index in [9.17, 15) is 29.1 Å². The lowest BCUT2D eigenvalue weighted by Crippen LogP contribution is -2.43. The normalized spacial score (nSPS) is 12.4. The summed E-state index contributed by atoms with van der Waals surface area (Å²) in [6.07, 6.45) is 5.95. The number of carboxylic acid groups (broad SMARTS) is 2. The number of benzene rings is 7. The molecule has 7 aromatic carbocycles. The van der Waals surface area contributed by atoms with Gasteiger partial charge in [0.25, 0.3) is 0 Å². The summed E-state index contributed by atoms with van der Waals surface area (Å²) in [6.45, 7) is 51.4. The van der Waals surface area contributed by atoms with Gasteiger partial charge in [0.2, 0.25) is 0 Å². The van der Waals surface area contributed by atoms with Crippen LogP contribution in [0.4, 0.5) is 0 Å². The number of aryl methyl sites for hydroxylation is 1. The third-order valence-electron chi connectivity index (χ3n) is 17.7. The van der Waals surface area contributed by atoms with Gasteiger partial charge in [-0.2, -0.15) is 0 Å². The molecule has 0 aromatic heterocycles. The van der Waals surface area contributed by atoms with Crippen molar-refractivity contribution >= 4 is 29.7 Å². The Hall–Kier alpha value is -9.35. The van der Waals surface area contributed by atoms with E-state index >= 15 is 0 Å². The molecule has 21 nitrogen and oxygen atoms in total. The molecule has 0 bridgehead atoms. The summed E-state index contributed by atoms with van der Waals surface area (Å²) >= 11 is 0. The fourth-order valence-electron chi connectivity index (χ4n) is 12.1. The van der Waals surface area contributed by atoms with Crippen molar-refractivity contribution in [2.75, 3.05) is 20.7 Å². The topological polar surface area (TPSA) is 263 Å². The molecule has 7 aromatic rings. The Morgan fingerprint density at radius 3 is 0.901 bits per heavy atom. The van der Waals surface area contributed by atoms with Crippen molar-refractivity contribution in [2.45, 2.75) is 328 Å². The Morgan fingerprint density at radius 1 is 0.331 bits per heavy atom. The highest BCUT2D eigenvalue weighted by Gasteiger charge is 2.27. The first kappa shape index (κ1) is 108. The van der Waals surface area contributed by atoms with Gasteiger partial charge in [0.05, 0.1) is 49.8 Å². The smallest absolute Gasteiger partial charge is 0.323 e. The third kappa shape index (κ3) is 50.6. The average Bonchev–Trinajstić information content (AvgIpc) is 0.901. The maximum absolute atomic E-state index is 12.6. The number of carbonyl (C=O) groups is 5. The zero-order valence-electron chi connectivity index (χ0n) is 78.1. The second kappa shape index (κ2) is 59.4. The highest BCUT2D eigenvalue weighted by atomic mass is 16.5. The SMILES string of the molecule is CC(=O)[C@H](CCc1ccc(OC(C)C)cc1)NC(C)C.CC(C)NC(Cc1ccc(OC(C)C)cc1)C(=O)O.CC(C)NC(Cc1ccc(OC(C)C)cc1)C(=O)OCc1ccccc1.CC(C)NCCc1ccc(OC(C)C)cc1.CC(C)Oc1ccc(C[C@@H](C(=O)O)N(C)C(C)C)cc1.COC(=O)C(Cc1ccc(OC(C)C)cc1)NC(C)C. The number of nitrogens with one attached hydrogen (secondary N) is 5. The van der Waals surface area contributed by atoms with Crippen LogP contribution in [0.1, 0.15) is 218 Å². The van der Waals surface area contributed by atoms with Gasteiger partial charge < -0.3 is 74.7 Å². The van der Waals surface area contributed by atoms with E-state index < -0.39 is 24.0 Å². The quantitative estimate of drug-likeness (QED) is 0.0175. The third-order valence-corrected chi connectivity index (χ3v) is 17.7. The number of ketones is 1. The molecule has 7 N–H and O–H groups in total. The Bertz CT molecular complexity index is 3910. The first-order valence-electron chi connectivity index (χ1n) is 43.3. The number of aliphatic carboxylic acids is 2. The molecule has 0 saturated carbocycles. The molecule has 5 atom stereocenters. The van der Waals surface area contributed by atoms with Crippen LogP contribution in [0.25, 0.3) is 0 Å². The van der Waals surface area contributed by atoms with Crippen molar-refractivity contribution in [1.82, 2.24) is 31.5 Å². The number of nitrogens with zero attached hydrogens (tertiary/aromatic N) is 1. The van der Waals surface area contributed by atoms with E-state index in [4.69, 9.17) is 43.0 Å². The summed E-state index contributed by atoms with van der Waals surface area (Å²) in [6, 6.07) is 57.0. The summed E-state index contributed by atoms with van der Waals surface area (Å²) in [4.78, 5) is 60.3. The largest absolute Gasteiger partial charge is 0.491 e. The molecule has 0 saturated heterocycles. The molecule has 0 amide bonds. The maximum Gasteiger partial charge on any atom is 0.323 e. The zero-order valence-corrected chi connectivity index (χ0v) is 78.1. The molecule has 3 unspecified atom stereocenters. The number of esters is 2. The van der Waals surface area contributed by atoms with Crippen LogP contribution in [0.15, 0.2) is 176 Å². The van der Waals surface area contributed by atoms with Gasteiger partial charge in [0.1, 0.15) is 71.1 Å². The Morgan fingerprint density at radius 2 is 0.620 bits per heavy atom. The van der Waals surface area contributed by atoms with Gasteiger partial charge in [-0.05, 0) is 274 Å². The van der Waals surface area contributed by atoms with Crippen LogP contribution >= 0.6 is 0 Å². The van der Waals surface area contributed by atoms with Gasteiger partial charge in [-0.15, -0.1) is 0 Å². The Kier molecular flexibility index (Phi) is 52.9. The first-order valence-corrected chi connectivity index (χ1v) is 43.3. The van der Waals surface area contributed by atoms with Crippen molar-refractivity contribution in [3.05, 3.63) is 215 Å². The number of carbonyl (C=O) groups excluding carboxylic acids is 3. The number of carboxylic acids is 2. The molecule has 21 heteroatoms. The molecule has 0 heterocycles. The van der Waals surface area contributed by atoms with Crippen LogP contribution in [0.3, 0.4) is 0 Å². The van der Waals surface area contributed by atoms with Crippen molar-refractivity contribution in [3.63, 3.8) is 0 Å². The Balaban J connectivity index is 0.000000495. The van der Waals surface area contributed by atoms with Crippen molar-refractivity contribution in [3.8, 4) is 34.5 Å². The van der Waals surface area contributed by atoms with Crippen LogP contribution in [0, 0.1) is 0 Å². The van der Waals surface area contributed by atoms with E-state index in [0.29, 0.717) is 37.8 Å². The van der Waals surface area contributed by atoms with Crippen LogP contribution in [0.5, 0.6) is 34.5 Å². The van der Waals surface area contributed by atoms with E-state index in [2.05, 4.69) is 78.5 Å². The second-order valence-corrected chi connectivity index (χ2v) is 33.8. The fraction of sp³-hybridized carbons (Fsp3) is 0.530. The molecule has 672 valence electrons. The number of rotatable bonds is 44. The van der Waals surface area contributed by atoms with Crippen LogP contribution in [0.2, 0.25) is 0 Å². The van der Waals surface area contributed by atoms with Crippen LogP contribution in [-0.2, 0) is 78.6 Å². The number of likely N-dealkylation sites (N-methyl/N-ethyl adjacent to an activating group) is 1. The summed E-state index contributed by atoms with van der Waals surface area (Å²) in [5.74, 6) is 3.28. The van der Waals surface area contributed by atoms with Gasteiger partial charge >= 0.3 is 23.9 Å². The number of ether oxygens (including phenoxy) is 8. The maximum atomic E-state index is 12.6. The first-order chi connectivity index (χ1) is 57.0. The minimum atomic E-state index is -0.823. The zero-order chi connectivity index (χ0) is 90.8. The average molecular weight is 1680 g/mol. The predicted octanol–water partition coefficient (Wildman–Crippen LogP) is 18.3. The van der Waals surface area contributed by atoms with Gasteiger partial charge in [-0.3, -0.25) is 28.9 Å². The van der Waals surface area contributed by atoms with Crippen LogP contribution < -0.4 is 55.0 Å². The summed E-state index contributed by atoms with van der Waals surface area (Å²) < 4.78 is 44.0. The number of hydrogen-bond acceptors (Lipinski definition) is 19. The molecular formula is C100H152N6O15. The molecule has 7 rings (SSSR count). The summed E-state index contributed by atoms with van der Waals surface area (Å²) in [5, 5.41) is 34.8. The van der Waals surface area contributed by atoms with E-state index in [-0.39, 0.29) is 103 Å². The minimum absolute atomic E-state index is 0.0541. The number of hydrogen-bond donors (Lipinski definition) is 7. The molecule has 121 heavy (non-hydrogen) atoms. The van der Waals surface area contributed by atoms with E-state index in [0.717, 1.165) is 88.1 Å². The lowest BCUT2D eigenvalue weighted by molar-refractivity contribution is -0.148. The molecular weight excluding hydrogens is 1530 g/mol. The number of Topliss-reactive ketones (excluding diaryl/α,β-unsaturated/α-hetero) is 1. The Labute approximate surface area is 727 Å². The van der Waals surface area contributed by atoms with Gasteiger partial charge in [0, 0.05) is 36.3 Å². The highest BCUT2D eigenvalue weighted by Crippen LogP contribution is 2.23. The van der Waals surface area contributed by atoms with E-state index in [1.165, 1.54) is 18.2 Å². The monoisotopic (exact) mass is 1680 g/mol. The fourth-order valence-corrected chi connectivity index (χ4v) is 12.1. The summed E-state index contributed by atoms with van der Waals surface area (Å²) in [7, 11) is 3.26. The van der Waals surface area contributed by atoms with Gasteiger partial charge in [0.15, 0.2) is 0 Å². The van der Waals surface area contributed by atoms with Crippen molar-refractivity contribution < 1.29 is 72.1 Å². The molecule has 0 aliphatic heterocycles. The lowest BCUT2D eigenvalue weighted by atomic mass is 10.0. The second-order valence-electron chi connectivity index (χ2n) is 33.8. The van der Waals surface area contributed by atoms with Crippen LogP contribution in [-0.4, -0.2) is 169 Å². The molecule has 0 radical (unpaired) electrons. The lowest BCUT2D eigenvalue weighted by Gasteiger charge is -2.28. The molecule has 0 fully saturated rings.